The van der Waals surface area contributed by atoms with Crippen molar-refractivity contribution in [1.82, 2.24) is 5.32 Å². The number of nitrogens with two attached hydrogens (primary N) is 1. The molecule has 2 unspecified atom stereocenters. The van der Waals surface area contributed by atoms with E-state index in [1.54, 1.807) is 0 Å². The summed E-state index contributed by atoms with van der Waals surface area (Å²) < 4.78 is 0. The second kappa shape index (κ2) is 6.41. The van der Waals surface area contributed by atoms with E-state index in [-0.39, 0.29) is 0 Å². The van der Waals surface area contributed by atoms with Gasteiger partial charge in [0.25, 0.3) is 0 Å². The first-order chi connectivity index (χ1) is 6.43. The molecule has 86 valence electrons. The molecule has 0 saturated heterocycles. The molecule has 0 rings (SSSR count). The lowest BCUT2D eigenvalue weighted by Crippen LogP contribution is -2.41. The summed E-state index contributed by atoms with van der Waals surface area (Å²) in [5.41, 5.74) is 6.43. The Morgan fingerprint density at radius 3 is 2.29 bits per heavy atom. The Hall–Kier alpha value is -0.0800. The van der Waals surface area contributed by atoms with Crippen LogP contribution in [0.2, 0.25) is 0 Å². The predicted octanol–water partition coefficient (Wildman–Crippen LogP) is 2.39. The molecule has 0 aromatic heterocycles. The topological polar surface area (TPSA) is 38.0 Å². The summed E-state index contributed by atoms with van der Waals surface area (Å²) in [4.78, 5) is 0. The van der Waals surface area contributed by atoms with E-state index >= 15 is 0 Å². The van der Waals surface area contributed by atoms with Crippen LogP contribution in [0.1, 0.15) is 47.5 Å². The van der Waals surface area contributed by atoms with E-state index in [1.165, 1.54) is 12.8 Å². The van der Waals surface area contributed by atoms with E-state index in [1.807, 2.05) is 0 Å². The molecule has 0 bridgehead atoms. The number of rotatable bonds is 7. The summed E-state index contributed by atoms with van der Waals surface area (Å²) in [5, 5.41) is 3.47. The average Bonchev–Trinajstić information content (AvgIpc) is 2.16. The largest absolute Gasteiger partial charge is 0.326 e. The SMILES string of the molecule is CCC(C)C(N)CNCC(C)(C)CC. The standard InChI is InChI=1S/C12H28N2/c1-6-10(3)11(13)8-14-9-12(4,5)7-2/h10-11,14H,6-9,13H2,1-5H3. The van der Waals surface area contributed by atoms with E-state index in [0.717, 1.165) is 13.1 Å². The summed E-state index contributed by atoms with van der Waals surface area (Å²) in [6, 6.07) is 0.299. The molecule has 2 heteroatoms. The molecule has 0 aliphatic heterocycles. The van der Waals surface area contributed by atoms with Crippen molar-refractivity contribution in [3.05, 3.63) is 0 Å². The summed E-state index contributed by atoms with van der Waals surface area (Å²) in [6.07, 6.45) is 2.37. The molecule has 0 aliphatic carbocycles. The third-order valence-corrected chi connectivity index (χ3v) is 3.32. The van der Waals surface area contributed by atoms with Gasteiger partial charge in [0.2, 0.25) is 0 Å². The Kier molecular flexibility index (Phi) is 6.38. The fourth-order valence-electron chi connectivity index (χ4n) is 1.21. The molecule has 0 aromatic carbocycles. The average molecular weight is 200 g/mol. The van der Waals surface area contributed by atoms with Crippen LogP contribution in [0.25, 0.3) is 0 Å². The molecule has 0 aromatic rings. The zero-order valence-corrected chi connectivity index (χ0v) is 10.6. The maximum absolute atomic E-state index is 6.04. The third-order valence-electron chi connectivity index (χ3n) is 3.32. The van der Waals surface area contributed by atoms with E-state index in [2.05, 4.69) is 39.9 Å². The van der Waals surface area contributed by atoms with Crippen molar-refractivity contribution in [3.63, 3.8) is 0 Å². The molecule has 0 spiro atoms. The van der Waals surface area contributed by atoms with Crippen LogP contribution in [-0.4, -0.2) is 19.1 Å². The van der Waals surface area contributed by atoms with Gasteiger partial charge in [-0.3, -0.25) is 0 Å². The number of nitrogens with one attached hydrogen (secondary N) is 1. The zero-order valence-electron chi connectivity index (χ0n) is 10.6. The van der Waals surface area contributed by atoms with Crippen molar-refractivity contribution < 1.29 is 0 Å². The molecule has 0 heterocycles. The summed E-state index contributed by atoms with van der Waals surface area (Å²) >= 11 is 0. The van der Waals surface area contributed by atoms with Crippen LogP contribution in [0.15, 0.2) is 0 Å². The Balaban J connectivity index is 3.63. The van der Waals surface area contributed by atoms with Crippen LogP contribution in [0, 0.1) is 11.3 Å². The first kappa shape index (κ1) is 13.9. The Bertz CT molecular complexity index is 143. The predicted molar refractivity (Wildman–Crippen MR) is 64.4 cm³/mol. The van der Waals surface area contributed by atoms with E-state index in [0.29, 0.717) is 17.4 Å². The molecule has 0 radical (unpaired) electrons. The van der Waals surface area contributed by atoms with Crippen molar-refractivity contribution in [2.45, 2.75) is 53.5 Å². The maximum atomic E-state index is 6.04. The van der Waals surface area contributed by atoms with Crippen molar-refractivity contribution >= 4 is 0 Å². The van der Waals surface area contributed by atoms with Crippen molar-refractivity contribution in [2.75, 3.05) is 13.1 Å². The second-order valence-corrected chi connectivity index (χ2v) is 5.20. The monoisotopic (exact) mass is 200 g/mol. The van der Waals surface area contributed by atoms with E-state index in [9.17, 15) is 0 Å². The van der Waals surface area contributed by atoms with Gasteiger partial charge in [-0.1, -0.05) is 41.0 Å². The van der Waals surface area contributed by atoms with Gasteiger partial charge in [0.15, 0.2) is 0 Å². The first-order valence-electron chi connectivity index (χ1n) is 5.89. The minimum Gasteiger partial charge on any atom is -0.326 e. The lowest BCUT2D eigenvalue weighted by atomic mass is 9.90. The Morgan fingerprint density at radius 1 is 1.29 bits per heavy atom. The first-order valence-corrected chi connectivity index (χ1v) is 5.89. The van der Waals surface area contributed by atoms with Gasteiger partial charge in [0, 0.05) is 19.1 Å². The van der Waals surface area contributed by atoms with Gasteiger partial charge in [0.05, 0.1) is 0 Å². The zero-order chi connectivity index (χ0) is 11.2. The summed E-state index contributed by atoms with van der Waals surface area (Å²) in [7, 11) is 0. The normalized spacial score (nSPS) is 16.7. The lowest BCUT2D eigenvalue weighted by Gasteiger charge is -2.25. The van der Waals surface area contributed by atoms with Crippen LogP contribution in [0.4, 0.5) is 0 Å². The quantitative estimate of drug-likeness (QED) is 0.662. The van der Waals surface area contributed by atoms with Crippen LogP contribution >= 0.6 is 0 Å². The fraction of sp³-hybridized carbons (Fsp3) is 1.00. The molecule has 0 saturated carbocycles. The Morgan fingerprint density at radius 2 is 1.86 bits per heavy atom. The molecule has 0 amide bonds. The number of hydrogen-bond acceptors (Lipinski definition) is 2. The van der Waals surface area contributed by atoms with Crippen molar-refractivity contribution in [1.29, 1.82) is 0 Å². The number of hydrogen-bond donors (Lipinski definition) is 2. The highest BCUT2D eigenvalue weighted by molar-refractivity contribution is 4.74. The molecule has 2 nitrogen and oxygen atoms in total. The second-order valence-electron chi connectivity index (χ2n) is 5.20. The molecule has 0 fully saturated rings. The fourth-order valence-corrected chi connectivity index (χ4v) is 1.21. The van der Waals surface area contributed by atoms with Gasteiger partial charge in [-0.05, 0) is 17.8 Å². The van der Waals surface area contributed by atoms with Gasteiger partial charge >= 0.3 is 0 Å². The van der Waals surface area contributed by atoms with Crippen LogP contribution in [0.3, 0.4) is 0 Å². The van der Waals surface area contributed by atoms with E-state index < -0.39 is 0 Å². The highest BCUT2D eigenvalue weighted by Crippen LogP contribution is 2.17. The highest BCUT2D eigenvalue weighted by Gasteiger charge is 2.16. The van der Waals surface area contributed by atoms with Gasteiger partial charge in [0.1, 0.15) is 0 Å². The summed E-state index contributed by atoms with van der Waals surface area (Å²) in [5.74, 6) is 0.618. The van der Waals surface area contributed by atoms with Crippen LogP contribution < -0.4 is 11.1 Å². The van der Waals surface area contributed by atoms with Gasteiger partial charge < -0.3 is 11.1 Å². The van der Waals surface area contributed by atoms with Gasteiger partial charge in [-0.2, -0.15) is 0 Å². The molecule has 3 N–H and O–H groups in total. The van der Waals surface area contributed by atoms with Crippen molar-refractivity contribution in [3.8, 4) is 0 Å². The molecular weight excluding hydrogens is 172 g/mol. The van der Waals surface area contributed by atoms with Crippen molar-refractivity contribution in [2.24, 2.45) is 17.1 Å². The molecule has 2 atom stereocenters. The van der Waals surface area contributed by atoms with Crippen LogP contribution in [0.5, 0.6) is 0 Å². The van der Waals surface area contributed by atoms with E-state index in [4.69, 9.17) is 5.73 Å². The smallest absolute Gasteiger partial charge is 0.0191 e. The molecule has 14 heavy (non-hydrogen) atoms. The lowest BCUT2D eigenvalue weighted by molar-refractivity contribution is 0.313. The van der Waals surface area contributed by atoms with Gasteiger partial charge in [-0.25, -0.2) is 0 Å². The highest BCUT2D eigenvalue weighted by atomic mass is 14.9. The third kappa shape index (κ3) is 5.61. The Labute approximate surface area is 89.6 Å². The molecule has 0 aliphatic rings. The van der Waals surface area contributed by atoms with Crippen LogP contribution in [-0.2, 0) is 0 Å². The molecular formula is C12H28N2. The minimum absolute atomic E-state index is 0.299. The summed E-state index contributed by atoms with van der Waals surface area (Å²) in [6.45, 7) is 13.2. The minimum atomic E-state index is 0.299. The van der Waals surface area contributed by atoms with Gasteiger partial charge in [-0.15, -0.1) is 0 Å². The maximum Gasteiger partial charge on any atom is 0.0191 e.